The normalized spacial score (nSPS) is 23.3. The number of Topliss-reactive ketones (excluding diaryl/α,β-unsaturated/α-hetero) is 2. The van der Waals surface area contributed by atoms with Crippen LogP contribution in [0.3, 0.4) is 0 Å². The average Bonchev–Trinajstić information content (AvgIpc) is 3.39. The fourth-order valence-electron chi connectivity index (χ4n) is 5.68. The van der Waals surface area contributed by atoms with Gasteiger partial charge in [-0.1, -0.05) is 54.9 Å². The van der Waals surface area contributed by atoms with E-state index in [9.17, 15) is 14.7 Å². The first kappa shape index (κ1) is 20.4. The Balaban J connectivity index is 1.68. The van der Waals surface area contributed by atoms with Gasteiger partial charge in [-0.25, -0.2) is 0 Å². The van der Waals surface area contributed by atoms with Crippen molar-refractivity contribution in [2.45, 2.75) is 26.7 Å². The minimum atomic E-state index is -0.835. The lowest BCUT2D eigenvalue weighted by molar-refractivity contribution is -0.130. The van der Waals surface area contributed by atoms with Crippen LogP contribution in [0.15, 0.2) is 70.0 Å². The smallest absolute Gasteiger partial charge is 0.178 e. The number of carbonyl (C=O) groups is 2. The molecule has 4 nitrogen and oxygen atoms in total. The summed E-state index contributed by atoms with van der Waals surface area (Å²) >= 11 is 3.44. The Morgan fingerprint density at radius 1 is 1.06 bits per heavy atom. The third-order valence-corrected chi connectivity index (χ3v) is 7.86. The van der Waals surface area contributed by atoms with Crippen molar-refractivity contribution in [1.82, 2.24) is 4.98 Å². The van der Waals surface area contributed by atoms with Crippen molar-refractivity contribution in [3.63, 3.8) is 0 Å². The number of nitrogens with one attached hydrogen (secondary N) is 1. The van der Waals surface area contributed by atoms with Crippen LogP contribution in [0.1, 0.15) is 43.4 Å². The van der Waals surface area contributed by atoms with E-state index in [4.69, 9.17) is 0 Å². The van der Waals surface area contributed by atoms with Gasteiger partial charge < -0.3 is 10.1 Å². The van der Waals surface area contributed by atoms with Crippen LogP contribution in [0.25, 0.3) is 22.4 Å². The number of rotatable bonds is 1. The van der Waals surface area contributed by atoms with Crippen LogP contribution in [0.4, 0.5) is 0 Å². The molecule has 0 saturated heterocycles. The van der Waals surface area contributed by atoms with Gasteiger partial charge in [0.05, 0.1) is 0 Å². The minimum Gasteiger partial charge on any atom is -0.507 e. The van der Waals surface area contributed by atoms with Gasteiger partial charge >= 0.3 is 0 Å². The number of carbonyl (C=O) groups excluding carboxylic acids is 2. The van der Waals surface area contributed by atoms with Crippen molar-refractivity contribution in [1.29, 1.82) is 0 Å². The van der Waals surface area contributed by atoms with Gasteiger partial charge in [-0.2, -0.15) is 0 Å². The van der Waals surface area contributed by atoms with Crippen LogP contribution < -0.4 is 0 Å². The number of aromatic amines is 1. The Hall–Kier alpha value is -3.18. The fourth-order valence-corrected chi connectivity index (χ4v) is 5.95. The van der Waals surface area contributed by atoms with Gasteiger partial charge in [0, 0.05) is 55.7 Å². The largest absolute Gasteiger partial charge is 0.507 e. The molecule has 5 heteroatoms. The highest BCUT2D eigenvalue weighted by molar-refractivity contribution is 9.10. The van der Waals surface area contributed by atoms with Crippen molar-refractivity contribution in [3.8, 4) is 5.75 Å². The number of phenols is 1. The quantitative estimate of drug-likeness (QED) is 0.384. The molecule has 0 aliphatic heterocycles. The number of hydrogen-bond donors (Lipinski definition) is 2. The zero-order valence-electron chi connectivity index (χ0n) is 18.5. The number of halogens is 1. The van der Waals surface area contributed by atoms with Gasteiger partial charge in [-0.3, -0.25) is 9.59 Å². The molecule has 6 rings (SSSR count). The van der Waals surface area contributed by atoms with E-state index in [-0.39, 0.29) is 22.7 Å². The summed E-state index contributed by atoms with van der Waals surface area (Å²) < 4.78 is 0.900. The zero-order chi connectivity index (χ0) is 23.2. The Morgan fingerprint density at radius 3 is 2.52 bits per heavy atom. The molecule has 1 saturated carbocycles. The highest BCUT2D eigenvalue weighted by Gasteiger charge is 2.49. The van der Waals surface area contributed by atoms with Crippen molar-refractivity contribution >= 4 is 49.9 Å². The third kappa shape index (κ3) is 2.69. The molecular formula is C28H22BrNO3. The summed E-state index contributed by atoms with van der Waals surface area (Å²) in [5, 5.41) is 12.7. The standard InChI is InChI=1S/C28H22BrNO3/c1-13-18-10-28(2,3)20-9-17-21(31)8-15-11-30-12-19(15)23(17)25(20)24(18)27(33)22(26(13)32)14-4-6-16(29)7-5-14/h4-13,22,30-31H,1-3H3. The fraction of sp³-hybridized carbons (Fsp3) is 0.214. The maximum atomic E-state index is 14.1. The summed E-state index contributed by atoms with van der Waals surface area (Å²) in [6.07, 6.45) is 7.85. The first-order valence-corrected chi connectivity index (χ1v) is 11.8. The molecule has 164 valence electrons. The summed E-state index contributed by atoms with van der Waals surface area (Å²) in [5.74, 6) is -1.27. The number of ketones is 2. The number of H-pyrrole nitrogens is 1. The van der Waals surface area contributed by atoms with Crippen LogP contribution in [0.2, 0.25) is 0 Å². The molecule has 2 aromatic carbocycles. The molecule has 0 spiro atoms. The molecule has 3 aliphatic rings. The number of phenolic OH excluding ortho intramolecular Hbond substituents is 1. The summed E-state index contributed by atoms with van der Waals surface area (Å²) in [6, 6.07) is 9.18. The van der Waals surface area contributed by atoms with E-state index < -0.39 is 11.8 Å². The molecule has 1 aromatic heterocycles. The lowest BCUT2D eigenvalue weighted by Gasteiger charge is -2.39. The predicted octanol–water partition coefficient (Wildman–Crippen LogP) is 6.32. The van der Waals surface area contributed by atoms with Crippen LogP contribution >= 0.6 is 15.9 Å². The zero-order valence-corrected chi connectivity index (χ0v) is 20.1. The van der Waals surface area contributed by atoms with Gasteiger partial charge in [-0.05, 0) is 46.6 Å². The summed E-state index contributed by atoms with van der Waals surface area (Å²) in [5.41, 5.74) is 5.22. The monoisotopic (exact) mass is 499 g/mol. The van der Waals surface area contributed by atoms with E-state index in [1.54, 1.807) is 6.07 Å². The molecule has 2 atom stereocenters. The first-order valence-electron chi connectivity index (χ1n) is 11.0. The van der Waals surface area contributed by atoms with Gasteiger partial charge in [0.2, 0.25) is 0 Å². The number of aromatic nitrogens is 1. The second kappa shape index (κ2) is 6.67. The van der Waals surface area contributed by atoms with Gasteiger partial charge in [0.1, 0.15) is 11.7 Å². The van der Waals surface area contributed by atoms with Gasteiger partial charge in [0.25, 0.3) is 0 Å². The van der Waals surface area contributed by atoms with E-state index in [1.165, 1.54) is 0 Å². The van der Waals surface area contributed by atoms with Gasteiger partial charge in [-0.15, -0.1) is 0 Å². The second-order valence-corrected chi connectivity index (χ2v) is 10.7. The van der Waals surface area contributed by atoms with Crippen molar-refractivity contribution < 1.29 is 14.7 Å². The number of hydrogen-bond acceptors (Lipinski definition) is 3. The first-order chi connectivity index (χ1) is 15.7. The molecule has 0 bridgehead atoms. The van der Waals surface area contributed by atoms with Crippen LogP contribution in [0.5, 0.6) is 5.75 Å². The van der Waals surface area contributed by atoms with E-state index >= 15 is 0 Å². The maximum absolute atomic E-state index is 14.1. The third-order valence-electron chi connectivity index (χ3n) is 7.33. The van der Waals surface area contributed by atoms with Crippen molar-refractivity contribution in [3.05, 3.63) is 86.7 Å². The van der Waals surface area contributed by atoms with Crippen LogP contribution in [-0.4, -0.2) is 21.7 Å². The van der Waals surface area contributed by atoms with Crippen LogP contribution in [-0.2, 0) is 9.59 Å². The number of aromatic hydroxyl groups is 1. The Morgan fingerprint density at radius 2 is 1.79 bits per heavy atom. The van der Waals surface area contributed by atoms with E-state index in [2.05, 4.69) is 40.8 Å². The maximum Gasteiger partial charge on any atom is 0.178 e. The molecule has 3 aromatic rings. The number of fused-ring (bicyclic) bond motifs is 6. The Kier molecular flexibility index (Phi) is 4.13. The second-order valence-electron chi connectivity index (χ2n) is 9.74. The Labute approximate surface area is 199 Å². The summed E-state index contributed by atoms with van der Waals surface area (Å²) in [6.45, 7) is 6.10. The van der Waals surface area contributed by atoms with Crippen LogP contribution in [0, 0.1) is 11.3 Å². The van der Waals surface area contributed by atoms with E-state index in [0.29, 0.717) is 11.1 Å². The summed E-state index contributed by atoms with van der Waals surface area (Å²) in [7, 11) is 0. The average molecular weight is 500 g/mol. The summed E-state index contributed by atoms with van der Waals surface area (Å²) in [4.78, 5) is 30.7. The van der Waals surface area contributed by atoms with Gasteiger partial charge in [0.15, 0.2) is 11.6 Å². The molecule has 0 radical (unpaired) electrons. The van der Waals surface area contributed by atoms with E-state index in [0.717, 1.165) is 43.1 Å². The van der Waals surface area contributed by atoms with Crippen molar-refractivity contribution in [2.24, 2.45) is 11.3 Å². The lowest BCUT2D eigenvalue weighted by Crippen LogP contribution is -2.39. The molecular weight excluding hydrogens is 478 g/mol. The molecule has 3 aliphatic carbocycles. The molecule has 0 amide bonds. The topological polar surface area (TPSA) is 70.2 Å². The molecule has 33 heavy (non-hydrogen) atoms. The number of benzene rings is 2. The predicted molar refractivity (Wildman–Crippen MR) is 133 cm³/mol. The molecule has 2 N–H and O–H groups in total. The number of allylic oxidation sites excluding steroid dienone is 5. The molecule has 2 unspecified atom stereocenters. The Bertz CT molecular complexity index is 1500. The van der Waals surface area contributed by atoms with Crippen molar-refractivity contribution in [2.75, 3.05) is 0 Å². The lowest BCUT2D eigenvalue weighted by atomic mass is 9.62. The van der Waals surface area contributed by atoms with E-state index in [1.807, 2.05) is 49.7 Å². The minimum absolute atomic E-state index is 0.0675. The highest BCUT2D eigenvalue weighted by Crippen LogP contribution is 2.57. The molecule has 1 heterocycles. The highest BCUT2D eigenvalue weighted by atomic mass is 79.9. The SMILES string of the molecule is CC1C(=O)C(c2ccc(Br)cc2)C(=O)C2=C3C(=Cc4c(O)cc5c[nH]cc5c43)C(C)(C)C=C21. The molecule has 1 fully saturated rings.